The van der Waals surface area contributed by atoms with E-state index in [0.29, 0.717) is 38.9 Å². The molecule has 3 heterocycles. The number of benzene rings is 2. The Bertz CT molecular complexity index is 1220. The number of aromatic nitrogens is 2. The summed E-state index contributed by atoms with van der Waals surface area (Å²) in [6.45, 7) is 8.47. The van der Waals surface area contributed by atoms with E-state index in [1.54, 1.807) is 4.57 Å². The molecule has 0 saturated heterocycles. The zero-order valence-electron chi connectivity index (χ0n) is 19.2. The Morgan fingerprint density at radius 3 is 2.58 bits per heavy atom. The lowest BCUT2D eigenvalue weighted by Gasteiger charge is -2.38. The Balaban J connectivity index is 1.51. The van der Waals surface area contributed by atoms with Gasteiger partial charge in [-0.05, 0) is 62.2 Å². The molecule has 0 saturated carbocycles. The summed E-state index contributed by atoms with van der Waals surface area (Å²) in [4.78, 5) is 22.5. The van der Waals surface area contributed by atoms with E-state index in [0.717, 1.165) is 39.8 Å². The largest absolute Gasteiger partial charge is 0.494 e. The molecule has 2 aromatic carbocycles. The monoisotopic (exact) mass is 448 g/mol. The third-order valence-electron chi connectivity index (χ3n) is 6.03. The fourth-order valence-electron chi connectivity index (χ4n) is 4.42. The van der Waals surface area contributed by atoms with Crippen LogP contribution in [0.3, 0.4) is 0 Å². The van der Waals surface area contributed by atoms with E-state index < -0.39 is 0 Å². The first kappa shape index (κ1) is 21.3. The van der Waals surface area contributed by atoms with Crippen LogP contribution in [0, 0.1) is 6.92 Å². The van der Waals surface area contributed by atoms with Crippen LogP contribution in [0.5, 0.6) is 17.2 Å². The quantitative estimate of drug-likeness (QED) is 0.568. The molecule has 2 aliphatic heterocycles. The van der Waals surface area contributed by atoms with Crippen LogP contribution in [0.4, 0.5) is 11.6 Å². The zero-order chi connectivity index (χ0) is 22.9. The number of ether oxygens (including phenoxy) is 3. The molecular formula is C25H28N4O4. The molecule has 0 N–H and O–H groups in total. The summed E-state index contributed by atoms with van der Waals surface area (Å²) in [5.41, 5.74) is 3.62. The molecule has 0 amide bonds. The molecule has 1 aromatic heterocycles. The van der Waals surface area contributed by atoms with Gasteiger partial charge in [-0.3, -0.25) is 19.2 Å². The maximum absolute atomic E-state index is 13.3. The van der Waals surface area contributed by atoms with Gasteiger partial charge in [0.15, 0.2) is 11.5 Å². The van der Waals surface area contributed by atoms with Crippen molar-refractivity contribution in [1.29, 1.82) is 0 Å². The molecule has 0 aliphatic carbocycles. The molecule has 0 bridgehead atoms. The second kappa shape index (κ2) is 8.78. The minimum Gasteiger partial charge on any atom is -0.494 e. The average Bonchev–Trinajstić information content (AvgIpc) is 3.28. The standard InChI is InChI=1S/C25H28N4O4/c1-4-21-17(3)26-25-28(19-7-9-20(10-8-19)31-5-2)14-27(15-29(25)24(21)30)13-18-6-11-22-23(12-18)33-16-32-22/h6-12H,4-5,13-16H2,1-3H3. The van der Waals surface area contributed by atoms with E-state index in [1.165, 1.54) is 0 Å². The van der Waals surface area contributed by atoms with Gasteiger partial charge in [-0.25, -0.2) is 4.98 Å². The Hall–Kier alpha value is -3.52. The number of aryl methyl sites for hydroxylation is 1. The first-order valence-corrected chi connectivity index (χ1v) is 11.3. The van der Waals surface area contributed by atoms with Crippen LogP contribution in [0.15, 0.2) is 47.3 Å². The van der Waals surface area contributed by atoms with Crippen molar-refractivity contribution in [2.45, 2.75) is 40.4 Å². The fourth-order valence-corrected chi connectivity index (χ4v) is 4.42. The minimum atomic E-state index is 0.0197. The highest BCUT2D eigenvalue weighted by Crippen LogP contribution is 2.34. The molecule has 172 valence electrons. The predicted molar refractivity (Wildman–Crippen MR) is 125 cm³/mol. The SMILES string of the molecule is CCOc1ccc(N2CN(Cc3ccc4c(c3)OCO4)Cn3c2nc(C)c(CC)c3=O)cc1. The number of nitrogens with zero attached hydrogens (tertiary/aromatic N) is 4. The summed E-state index contributed by atoms with van der Waals surface area (Å²) in [5.74, 6) is 3.01. The van der Waals surface area contributed by atoms with E-state index in [1.807, 2.05) is 63.2 Å². The molecule has 33 heavy (non-hydrogen) atoms. The van der Waals surface area contributed by atoms with Crippen molar-refractivity contribution in [3.63, 3.8) is 0 Å². The van der Waals surface area contributed by atoms with Crippen molar-refractivity contribution in [2.24, 2.45) is 0 Å². The molecular weight excluding hydrogens is 420 g/mol. The number of hydrogen-bond acceptors (Lipinski definition) is 7. The van der Waals surface area contributed by atoms with Crippen molar-refractivity contribution in [2.75, 3.05) is 25.0 Å². The van der Waals surface area contributed by atoms with Crippen molar-refractivity contribution >= 4 is 11.6 Å². The van der Waals surface area contributed by atoms with Crippen LogP contribution < -0.4 is 24.7 Å². The molecule has 3 aromatic rings. The third-order valence-corrected chi connectivity index (χ3v) is 6.03. The number of anilines is 2. The summed E-state index contributed by atoms with van der Waals surface area (Å²) >= 11 is 0. The normalized spacial score (nSPS) is 14.9. The van der Waals surface area contributed by atoms with E-state index >= 15 is 0 Å². The fraction of sp³-hybridized carbons (Fsp3) is 0.360. The maximum atomic E-state index is 13.3. The van der Waals surface area contributed by atoms with Crippen LogP contribution >= 0.6 is 0 Å². The van der Waals surface area contributed by atoms with Gasteiger partial charge in [0.2, 0.25) is 12.7 Å². The molecule has 2 aliphatic rings. The van der Waals surface area contributed by atoms with Gasteiger partial charge < -0.3 is 14.2 Å². The second-order valence-corrected chi connectivity index (χ2v) is 8.22. The van der Waals surface area contributed by atoms with Gasteiger partial charge in [-0.15, -0.1) is 0 Å². The van der Waals surface area contributed by atoms with Crippen LogP contribution in [0.25, 0.3) is 0 Å². The Morgan fingerprint density at radius 1 is 1.03 bits per heavy atom. The summed E-state index contributed by atoms with van der Waals surface area (Å²) in [7, 11) is 0. The van der Waals surface area contributed by atoms with Crippen molar-refractivity contribution in [3.05, 3.63) is 69.6 Å². The van der Waals surface area contributed by atoms with E-state index in [2.05, 4.69) is 9.80 Å². The van der Waals surface area contributed by atoms with Crippen LogP contribution in [0.1, 0.15) is 30.7 Å². The maximum Gasteiger partial charge on any atom is 0.259 e. The highest BCUT2D eigenvalue weighted by molar-refractivity contribution is 5.59. The van der Waals surface area contributed by atoms with E-state index in [-0.39, 0.29) is 12.4 Å². The number of hydrogen-bond donors (Lipinski definition) is 0. The number of fused-ring (bicyclic) bond motifs is 2. The van der Waals surface area contributed by atoms with Gasteiger partial charge in [0, 0.05) is 23.5 Å². The highest BCUT2D eigenvalue weighted by Gasteiger charge is 2.28. The van der Waals surface area contributed by atoms with E-state index in [9.17, 15) is 4.79 Å². The van der Waals surface area contributed by atoms with Crippen molar-refractivity contribution in [1.82, 2.24) is 14.5 Å². The lowest BCUT2D eigenvalue weighted by molar-refractivity contribution is 0.173. The van der Waals surface area contributed by atoms with Gasteiger partial charge >= 0.3 is 0 Å². The molecule has 0 atom stereocenters. The smallest absolute Gasteiger partial charge is 0.259 e. The molecule has 0 radical (unpaired) electrons. The molecule has 0 unspecified atom stereocenters. The second-order valence-electron chi connectivity index (χ2n) is 8.22. The summed E-state index contributed by atoms with van der Waals surface area (Å²) in [6, 6.07) is 13.9. The van der Waals surface area contributed by atoms with Gasteiger partial charge in [0.1, 0.15) is 5.75 Å². The first-order valence-electron chi connectivity index (χ1n) is 11.3. The number of rotatable bonds is 6. The van der Waals surface area contributed by atoms with Crippen LogP contribution in [-0.4, -0.2) is 34.5 Å². The van der Waals surface area contributed by atoms with Gasteiger partial charge in [-0.1, -0.05) is 13.0 Å². The van der Waals surface area contributed by atoms with Crippen LogP contribution in [-0.2, 0) is 19.6 Å². The zero-order valence-corrected chi connectivity index (χ0v) is 19.2. The average molecular weight is 449 g/mol. The Morgan fingerprint density at radius 2 is 1.82 bits per heavy atom. The molecule has 8 nitrogen and oxygen atoms in total. The Kier molecular flexibility index (Phi) is 5.68. The molecule has 0 fully saturated rings. The molecule has 8 heteroatoms. The lowest BCUT2D eigenvalue weighted by atomic mass is 10.1. The summed E-state index contributed by atoms with van der Waals surface area (Å²) in [5, 5.41) is 0. The Labute approximate surface area is 192 Å². The van der Waals surface area contributed by atoms with Gasteiger partial charge in [0.25, 0.3) is 5.56 Å². The van der Waals surface area contributed by atoms with Gasteiger partial charge in [-0.2, -0.15) is 0 Å². The van der Waals surface area contributed by atoms with Crippen molar-refractivity contribution in [3.8, 4) is 17.2 Å². The van der Waals surface area contributed by atoms with Crippen molar-refractivity contribution < 1.29 is 14.2 Å². The summed E-state index contributed by atoms with van der Waals surface area (Å²) in [6.07, 6.45) is 0.656. The van der Waals surface area contributed by atoms with E-state index in [4.69, 9.17) is 19.2 Å². The first-order chi connectivity index (χ1) is 16.1. The predicted octanol–water partition coefficient (Wildman–Crippen LogP) is 3.81. The lowest BCUT2D eigenvalue weighted by Crippen LogP contribution is -2.47. The summed E-state index contributed by atoms with van der Waals surface area (Å²) < 4.78 is 18.4. The van der Waals surface area contributed by atoms with Crippen LogP contribution in [0.2, 0.25) is 0 Å². The molecule has 0 spiro atoms. The topological polar surface area (TPSA) is 69.1 Å². The highest BCUT2D eigenvalue weighted by atomic mass is 16.7. The minimum absolute atomic E-state index is 0.0197. The third kappa shape index (κ3) is 4.02. The van der Waals surface area contributed by atoms with Gasteiger partial charge in [0.05, 0.1) is 19.9 Å². The molecule has 5 rings (SSSR count).